The van der Waals surface area contributed by atoms with Crippen LogP contribution >= 0.6 is 0 Å². The zero-order valence-corrected chi connectivity index (χ0v) is 6.84. The summed E-state index contributed by atoms with van der Waals surface area (Å²) >= 11 is 0. The summed E-state index contributed by atoms with van der Waals surface area (Å²) in [5, 5.41) is 8.09. The van der Waals surface area contributed by atoms with Crippen LogP contribution in [0.3, 0.4) is 0 Å². The molecular formula is C10H3F2NO. The number of halogens is 2. The first-order valence-corrected chi connectivity index (χ1v) is 3.53. The molecule has 0 aliphatic heterocycles. The summed E-state index contributed by atoms with van der Waals surface area (Å²) < 4.78 is 25.9. The number of hydrogen-bond donors (Lipinski definition) is 0. The summed E-state index contributed by atoms with van der Waals surface area (Å²) in [6.45, 7) is 0. The van der Waals surface area contributed by atoms with Crippen molar-refractivity contribution in [1.29, 1.82) is 5.26 Å². The van der Waals surface area contributed by atoms with Crippen LogP contribution < -0.4 is 0 Å². The summed E-state index contributed by atoms with van der Waals surface area (Å²) in [6, 6.07) is 2.99. The number of rotatable bonds is 1. The molecule has 0 radical (unpaired) electrons. The predicted octanol–water partition coefficient (Wildman–Crippen LogP) is 1.65. The standard InChI is InChI=1S/C10H3F2NO/c11-9-5-8(6-14)10(12)4-7(9)2-1-3-13/h4-6H. The Balaban J connectivity index is 3.30. The minimum absolute atomic E-state index is 0.208. The van der Waals surface area contributed by atoms with Crippen molar-refractivity contribution < 1.29 is 13.6 Å². The van der Waals surface area contributed by atoms with E-state index in [4.69, 9.17) is 5.26 Å². The van der Waals surface area contributed by atoms with Crippen LogP contribution in [0.2, 0.25) is 0 Å². The van der Waals surface area contributed by atoms with Gasteiger partial charge in [0.25, 0.3) is 0 Å². The summed E-state index contributed by atoms with van der Waals surface area (Å²) in [7, 11) is 0. The van der Waals surface area contributed by atoms with Crippen molar-refractivity contribution >= 4 is 6.29 Å². The van der Waals surface area contributed by atoms with Crippen LogP contribution in [0.25, 0.3) is 0 Å². The molecule has 0 aliphatic rings. The van der Waals surface area contributed by atoms with Crippen molar-refractivity contribution in [1.82, 2.24) is 0 Å². The molecule has 2 nitrogen and oxygen atoms in total. The maximum atomic E-state index is 13.0. The lowest BCUT2D eigenvalue weighted by Crippen LogP contribution is -1.93. The minimum Gasteiger partial charge on any atom is -0.298 e. The highest BCUT2D eigenvalue weighted by molar-refractivity contribution is 5.75. The van der Waals surface area contributed by atoms with E-state index in [2.05, 4.69) is 5.92 Å². The van der Waals surface area contributed by atoms with E-state index in [-0.39, 0.29) is 17.4 Å². The van der Waals surface area contributed by atoms with Gasteiger partial charge < -0.3 is 0 Å². The minimum atomic E-state index is -0.858. The second kappa shape index (κ2) is 4.15. The van der Waals surface area contributed by atoms with Gasteiger partial charge in [0.2, 0.25) is 0 Å². The highest BCUT2D eigenvalue weighted by atomic mass is 19.1. The average Bonchev–Trinajstić information content (AvgIpc) is 2.18. The Morgan fingerprint density at radius 3 is 2.57 bits per heavy atom. The van der Waals surface area contributed by atoms with Crippen molar-refractivity contribution in [2.75, 3.05) is 0 Å². The van der Waals surface area contributed by atoms with Crippen molar-refractivity contribution in [2.24, 2.45) is 0 Å². The number of carbonyl (C=O) groups is 1. The summed E-state index contributed by atoms with van der Waals surface area (Å²) in [5.41, 5.74) is -0.611. The molecule has 4 heteroatoms. The van der Waals surface area contributed by atoms with Crippen LogP contribution in [-0.4, -0.2) is 6.29 Å². The highest BCUT2D eigenvalue weighted by Crippen LogP contribution is 2.12. The molecule has 0 bridgehead atoms. The maximum absolute atomic E-state index is 13.0. The molecule has 0 heterocycles. The molecule has 0 saturated carbocycles. The molecule has 0 amide bonds. The quantitative estimate of drug-likeness (QED) is 0.500. The van der Waals surface area contributed by atoms with Crippen LogP contribution in [0.15, 0.2) is 12.1 Å². The molecule has 1 rings (SSSR count). The predicted molar refractivity (Wildman–Crippen MR) is 44.2 cm³/mol. The van der Waals surface area contributed by atoms with E-state index in [0.29, 0.717) is 0 Å². The van der Waals surface area contributed by atoms with E-state index in [1.807, 2.05) is 5.92 Å². The number of carbonyl (C=O) groups excluding carboxylic acids is 1. The SMILES string of the molecule is N#CC#Cc1cc(F)c(C=O)cc1F. The summed E-state index contributed by atoms with van der Waals surface area (Å²) in [6.07, 6.45) is 0.208. The molecule has 1 aromatic rings. The van der Waals surface area contributed by atoms with Gasteiger partial charge >= 0.3 is 0 Å². The molecule has 0 unspecified atom stereocenters. The first-order valence-electron chi connectivity index (χ1n) is 3.53. The highest BCUT2D eigenvalue weighted by Gasteiger charge is 2.07. The smallest absolute Gasteiger partial charge is 0.153 e. The van der Waals surface area contributed by atoms with Crippen LogP contribution in [0.4, 0.5) is 8.78 Å². The number of nitriles is 1. The molecule has 0 atom stereocenters. The molecule has 68 valence electrons. The van der Waals surface area contributed by atoms with Crippen LogP contribution in [0, 0.1) is 34.8 Å². The van der Waals surface area contributed by atoms with Gasteiger partial charge in [-0.3, -0.25) is 4.79 Å². The van der Waals surface area contributed by atoms with Gasteiger partial charge in [-0.15, -0.1) is 0 Å². The zero-order valence-electron chi connectivity index (χ0n) is 6.84. The molecule has 0 aromatic heterocycles. The van der Waals surface area contributed by atoms with Crippen molar-refractivity contribution in [3.8, 4) is 17.9 Å². The maximum Gasteiger partial charge on any atom is 0.153 e. The van der Waals surface area contributed by atoms with Gasteiger partial charge in [0.15, 0.2) is 12.4 Å². The first-order chi connectivity index (χ1) is 6.69. The average molecular weight is 191 g/mol. The molecule has 0 N–H and O–H groups in total. The Morgan fingerprint density at radius 1 is 1.29 bits per heavy atom. The van der Waals surface area contributed by atoms with Gasteiger partial charge in [-0.05, 0) is 18.1 Å². The van der Waals surface area contributed by atoms with Gasteiger partial charge in [0.1, 0.15) is 11.6 Å². The fourth-order valence-electron chi connectivity index (χ4n) is 0.844. The zero-order chi connectivity index (χ0) is 10.6. The molecule has 0 fully saturated rings. The van der Waals surface area contributed by atoms with Gasteiger partial charge in [-0.25, -0.2) is 8.78 Å². The van der Waals surface area contributed by atoms with Crippen molar-refractivity contribution in [3.63, 3.8) is 0 Å². The second-order valence-electron chi connectivity index (χ2n) is 2.33. The topological polar surface area (TPSA) is 40.9 Å². The largest absolute Gasteiger partial charge is 0.298 e. The van der Waals surface area contributed by atoms with Crippen LogP contribution in [-0.2, 0) is 0 Å². The van der Waals surface area contributed by atoms with E-state index in [1.165, 1.54) is 6.07 Å². The Labute approximate surface area is 78.8 Å². The Bertz CT molecular complexity index is 477. The van der Waals surface area contributed by atoms with Crippen LogP contribution in [0.5, 0.6) is 0 Å². The number of hydrogen-bond acceptors (Lipinski definition) is 2. The molecule has 0 aliphatic carbocycles. The third-order valence-corrected chi connectivity index (χ3v) is 1.47. The number of nitrogens with zero attached hydrogens (tertiary/aromatic N) is 1. The fourth-order valence-corrected chi connectivity index (χ4v) is 0.844. The molecule has 0 saturated heterocycles. The molecule has 1 aromatic carbocycles. The summed E-state index contributed by atoms with van der Waals surface area (Å²) in [4.78, 5) is 10.2. The lowest BCUT2D eigenvalue weighted by atomic mass is 10.1. The third kappa shape index (κ3) is 1.94. The van der Waals surface area contributed by atoms with Gasteiger partial charge in [0.05, 0.1) is 11.1 Å². The second-order valence-corrected chi connectivity index (χ2v) is 2.33. The number of benzene rings is 1. The Morgan fingerprint density at radius 2 is 2.00 bits per heavy atom. The van der Waals surface area contributed by atoms with Gasteiger partial charge in [-0.1, -0.05) is 0 Å². The Hall–Kier alpha value is -2.20. The van der Waals surface area contributed by atoms with E-state index in [1.54, 1.807) is 0 Å². The van der Waals surface area contributed by atoms with Crippen molar-refractivity contribution in [3.05, 3.63) is 34.9 Å². The van der Waals surface area contributed by atoms with Gasteiger partial charge in [-0.2, -0.15) is 5.26 Å². The van der Waals surface area contributed by atoms with E-state index in [9.17, 15) is 13.6 Å². The lowest BCUT2D eigenvalue weighted by Gasteiger charge is -1.97. The molecular weight excluding hydrogens is 188 g/mol. The molecule has 0 spiro atoms. The Kier molecular flexibility index (Phi) is 2.93. The van der Waals surface area contributed by atoms with E-state index in [0.717, 1.165) is 12.1 Å². The molecule has 14 heavy (non-hydrogen) atoms. The fraction of sp³-hybridized carbons (Fsp3) is 0. The number of aldehydes is 1. The van der Waals surface area contributed by atoms with Crippen LogP contribution in [0.1, 0.15) is 15.9 Å². The van der Waals surface area contributed by atoms with E-state index < -0.39 is 11.6 Å². The summed E-state index contributed by atoms with van der Waals surface area (Å²) in [5.74, 6) is 2.36. The lowest BCUT2D eigenvalue weighted by molar-refractivity contribution is 0.111. The van der Waals surface area contributed by atoms with Crippen molar-refractivity contribution in [2.45, 2.75) is 0 Å². The monoisotopic (exact) mass is 191 g/mol. The third-order valence-electron chi connectivity index (χ3n) is 1.47. The van der Waals surface area contributed by atoms with E-state index >= 15 is 0 Å². The first kappa shape index (κ1) is 9.88. The van der Waals surface area contributed by atoms with Gasteiger partial charge in [0, 0.05) is 5.92 Å². The normalized spacial score (nSPS) is 8.36.